The van der Waals surface area contributed by atoms with E-state index in [4.69, 9.17) is 9.47 Å². The number of carbonyl (C=O) groups is 2. The van der Waals surface area contributed by atoms with Crippen molar-refractivity contribution in [3.05, 3.63) is 83.4 Å². The molecule has 0 aromatic heterocycles. The Bertz CT molecular complexity index is 2270. The average molecular weight is 969 g/mol. The molecule has 386 valence electrons. The van der Waals surface area contributed by atoms with E-state index in [1.54, 1.807) is 11.6 Å². The Hall–Kier alpha value is -3.44. The second-order valence-electron chi connectivity index (χ2n) is 26.0. The smallest absolute Gasteiger partial charge is 0.331 e. The van der Waals surface area contributed by atoms with Crippen molar-refractivity contribution >= 4 is 11.9 Å². The van der Waals surface area contributed by atoms with Crippen LogP contribution in [-0.4, -0.2) is 57.8 Å². The van der Waals surface area contributed by atoms with E-state index >= 15 is 0 Å². The molecule has 0 radical (unpaired) electrons. The van der Waals surface area contributed by atoms with Crippen molar-refractivity contribution in [2.24, 2.45) is 50.7 Å². The molecule has 0 unspecified atom stereocenters. The van der Waals surface area contributed by atoms with E-state index in [-0.39, 0.29) is 42.7 Å². The number of aliphatic hydroxyl groups excluding tert-OH is 2. The number of ether oxygens (including phenoxy) is 2. The van der Waals surface area contributed by atoms with Gasteiger partial charge in [0, 0.05) is 24.8 Å². The van der Waals surface area contributed by atoms with Crippen LogP contribution in [0.3, 0.4) is 0 Å². The Labute approximate surface area is 427 Å². The molecule has 8 aliphatic rings. The van der Waals surface area contributed by atoms with Gasteiger partial charge in [-0.25, -0.2) is 4.79 Å². The van der Waals surface area contributed by atoms with Crippen LogP contribution in [-0.2, 0) is 30.9 Å². The molecule has 2 aromatic rings. The van der Waals surface area contributed by atoms with Gasteiger partial charge in [0.15, 0.2) is 0 Å². The molecule has 10 rings (SSSR count). The lowest BCUT2D eigenvalue weighted by atomic mass is 9.35. The van der Waals surface area contributed by atoms with Crippen molar-refractivity contribution in [3.8, 4) is 11.8 Å². The number of carbonyl (C=O) groups excluding carboxylic acids is 2. The predicted molar refractivity (Wildman–Crippen MR) is 280 cm³/mol. The second kappa shape index (κ2) is 20.4. The van der Waals surface area contributed by atoms with E-state index in [1.165, 1.54) is 95.5 Å². The summed E-state index contributed by atoms with van der Waals surface area (Å²) in [4.78, 5) is 26.4. The van der Waals surface area contributed by atoms with Gasteiger partial charge in [-0.05, 0) is 185 Å². The van der Waals surface area contributed by atoms with Gasteiger partial charge >= 0.3 is 11.9 Å². The lowest BCUT2D eigenvalue weighted by molar-refractivity contribution is -0.339. The summed E-state index contributed by atoms with van der Waals surface area (Å²) in [5.74, 6) is 7.02. The maximum atomic E-state index is 14.3. The first kappa shape index (κ1) is 51.1. The Morgan fingerprint density at radius 3 is 2.21 bits per heavy atom. The van der Waals surface area contributed by atoms with E-state index < -0.39 is 46.1 Å². The molecule has 7 heteroatoms. The van der Waals surface area contributed by atoms with Crippen LogP contribution in [0.15, 0.2) is 72.3 Å². The lowest BCUT2D eigenvalue weighted by Gasteiger charge is -2.72. The molecule has 0 saturated heterocycles. The van der Waals surface area contributed by atoms with Crippen molar-refractivity contribution in [2.45, 2.75) is 230 Å². The third-order valence-corrected chi connectivity index (χ3v) is 22.1. The van der Waals surface area contributed by atoms with Crippen molar-refractivity contribution in [1.82, 2.24) is 0 Å². The summed E-state index contributed by atoms with van der Waals surface area (Å²) in [7, 11) is 0. The molecule has 6 aliphatic carbocycles. The molecule has 2 aliphatic heterocycles. The molecule has 71 heavy (non-hydrogen) atoms. The first-order chi connectivity index (χ1) is 34.2. The molecule has 2 heterocycles. The Morgan fingerprint density at radius 2 is 1.51 bits per heavy atom. The third kappa shape index (κ3) is 9.32. The van der Waals surface area contributed by atoms with Gasteiger partial charge in [-0.2, -0.15) is 0 Å². The number of hydrogen-bond acceptors (Lipinski definition) is 7. The van der Waals surface area contributed by atoms with Gasteiger partial charge in [-0.3, -0.25) is 4.79 Å². The van der Waals surface area contributed by atoms with Crippen molar-refractivity contribution in [1.29, 1.82) is 0 Å². The van der Waals surface area contributed by atoms with Crippen molar-refractivity contribution in [3.63, 3.8) is 0 Å². The first-order valence-electron chi connectivity index (χ1n) is 28.9. The highest BCUT2D eigenvalue weighted by atomic mass is 16.5. The van der Waals surface area contributed by atoms with Crippen LogP contribution in [0.5, 0.6) is 0 Å². The fraction of sp³-hybridized carbons (Fsp3) is 0.719. The maximum absolute atomic E-state index is 14.3. The molecule has 2 spiro atoms. The Morgan fingerprint density at radius 1 is 0.803 bits per heavy atom. The van der Waals surface area contributed by atoms with Crippen LogP contribution in [0.2, 0.25) is 0 Å². The molecule has 10 atom stereocenters. The maximum Gasteiger partial charge on any atom is 0.331 e. The van der Waals surface area contributed by atoms with Gasteiger partial charge in [-0.15, -0.1) is 5.92 Å². The van der Waals surface area contributed by atoms with E-state index in [0.717, 1.165) is 56.4 Å². The topological polar surface area (TPSA) is 113 Å². The van der Waals surface area contributed by atoms with Gasteiger partial charge in [0.05, 0.1) is 35.1 Å². The zero-order valence-electron chi connectivity index (χ0n) is 43.9. The summed E-state index contributed by atoms with van der Waals surface area (Å²) in [6, 6.07) is 22.2. The molecule has 6 saturated carbocycles. The van der Waals surface area contributed by atoms with E-state index in [2.05, 4.69) is 86.4 Å². The van der Waals surface area contributed by atoms with Crippen LogP contribution in [0.25, 0.3) is 0 Å². The standard InChI is InChI=1S/C64H88O7/c1-46(18-17-21-47-19-7-4-8-20-47)25-26-53(65)64-54(66)30-36-59(3,57(64)52-43-58(2,31-14-11-24-55(67)71-52)63(64,69)39-27-48-40-56(68)70-44-48)49-28-37-60(38-29-49)41-51(62(45-60)34-15-16-35-62)42-61(32-12-6-13-33-61)50-22-9-5-10-23-50/h4-5,7-10,19-20,22-23,40,46,49,51-54,57,65-66,69H,6,11-13,15-18,21,24-30,32-39,41-45H2,1-3H3/t46-,49?,51+,52-,53+,54-,57+,58+,59+,60?,63-,64+/m1/s1. The van der Waals surface area contributed by atoms with E-state index in [9.17, 15) is 24.9 Å². The highest BCUT2D eigenvalue weighted by Crippen LogP contribution is 2.74. The fourth-order valence-electron chi connectivity index (χ4n) is 18.6. The highest BCUT2D eigenvalue weighted by Gasteiger charge is 2.78. The normalized spacial score (nSPS) is 38.2. The summed E-state index contributed by atoms with van der Waals surface area (Å²) in [5, 5.41) is 41.0. The minimum atomic E-state index is -1.69. The predicted octanol–water partition coefficient (Wildman–Crippen LogP) is 13.1. The van der Waals surface area contributed by atoms with E-state index in [1.807, 2.05) is 6.92 Å². The van der Waals surface area contributed by atoms with Gasteiger partial charge in [0.25, 0.3) is 0 Å². The summed E-state index contributed by atoms with van der Waals surface area (Å²) < 4.78 is 12.1. The second-order valence-corrected chi connectivity index (χ2v) is 26.0. The number of aliphatic hydroxyl groups is 3. The molecule has 7 nitrogen and oxygen atoms in total. The average Bonchev–Trinajstić information content (AvgIpc) is 4.11. The van der Waals surface area contributed by atoms with Crippen LogP contribution in [0.1, 0.15) is 205 Å². The van der Waals surface area contributed by atoms with Crippen LogP contribution >= 0.6 is 0 Å². The minimum absolute atomic E-state index is 0.173. The van der Waals surface area contributed by atoms with Gasteiger partial charge in [-0.1, -0.05) is 119 Å². The van der Waals surface area contributed by atoms with Gasteiger partial charge in [0.2, 0.25) is 0 Å². The molecule has 2 bridgehead atoms. The van der Waals surface area contributed by atoms with Gasteiger partial charge < -0.3 is 24.8 Å². The zero-order chi connectivity index (χ0) is 49.5. The van der Waals surface area contributed by atoms with Crippen molar-refractivity contribution in [2.75, 3.05) is 6.61 Å². The summed E-state index contributed by atoms with van der Waals surface area (Å²) in [6.07, 6.45) is 26.2. The molecular weight excluding hydrogens is 881 g/mol. The number of benzene rings is 2. The number of aryl methyl sites for hydroxylation is 1. The zero-order valence-corrected chi connectivity index (χ0v) is 43.9. The number of esters is 2. The van der Waals surface area contributed by atoms with Crippen molar-refractivity contribution < 1.29 is 34.4 Å². The van der Waals surface area contributed by atoms with Crippen LogP contribution < -0.4 is 0 Å². The van der Waals surface area contributed by atoms with Crippen LogP contribution in [0, 0.1) is 62.6 Å². The number of hydrogen-bond donors (Lipinski definition) is 3. The monoisotopic (exact) mass is 969 g/mol. The highest BCUT2D eigenvalue weighted by molar-refractivity contribution is 5.85. The molecule has 6 fully saturated rings. The lowest BCUT2D eigenvalue weighted by Crippen LogP contribution is -2.79. The molecule has 3 N–H and O–H groups in total. The molecule has 0 amide bonds. The quantitative estimate of drug-likeness (QED) is 0.120. The van der Waals surface area contributed by atoms with Crippen LogP contribution in [0.4, 0.5) is 0 Å². The Balaban J connectivity index is 0.978. The number of rotatable bonds is 15. The SMILES string of the molecule is C[C@H](CCCc1ccccc1)CC[C@H](O)[C@]12[C@H](O)CC[C@@](C)(C3CCC4(CC3)C[C@@H](CC3(c5ccccc5)CCCCC3)C3(CCCC3)C4)[C@@H]1[C@H]1C[C@](C)(C#CCCC(=O)O1)[C@]2(O)CCC1=CC(=O)OC1. The molecule has 2 aromatic carbocycles. The summed E-state index contributed by atoms with van der Waals surface area (Å²) in [6.45, 7) is 6.85. The van der Waals surface area contributed by atoms with E-state index in [0.29, 0.717) is 48.9 Å². The first-order valence-corrected chi connectivity index (χ1v) is 28.9. The summed E-state index contributed by atoms with van der Waals surface area (Å²) >= 11 is 0. The summed E-state index contributed by atoms with van der Waals surface area (Å²) in [5.41, 5.74) is 0.0358. The van der Waals surface area contributed by atoms with Gasteiger partial charge in [0.1, 0.15) is 12.7 Å². The molecular formula is C64H88O7. The third-order valence-electron chi connectivity index (χ3n) is 22.1. The largest absolute Gasteiger partial charge is 0.462 e. The number of fused-ring (bicyclic) bond motifs is 4. The minimum Gasteiger partial charge on any atom is -0.462 e. The fourth-order valence-corrected chi connectivity index (χ4v) is 18.6. The number of cyclic esters (lactones) is 1. The Kier molecular flexibility index (Phi) is 14.6.